The Morgan fingerprint density at radius 2 is 1.06 bits per heavy atom. The number of carbonyl (C=O) groups excluding carboxylic acids is 10. The number of nitrogens with one attached hydrogen (secondary N) is 8. The van der Waals surface area contributed by atoms with E-state index in [9.17, 15) is 58.2 Å². The minimum absolute atomic E-state index is 0.00541. The first-order chi connectivity index (χ1) is 36.4. The Balaban J connectivity index is 1.78. The van der Waals surface area contributed by atoms with Crippen molar-refractivity contribution in [1.29, 1.82) is 0 Å². The van der Waals surface area contributed by atoms with Gasteiger partial charge in [0.05, 0.1) is 0 Å². The Morgan fingerprint density at radius 1 is 0.584 bits per heavy atom. The summed E-state index contributed by atoms with van der Waals surface area (Å²) < 4.78 is 5.66. The number of hydrogen-bond acceptors (Lipinski definition) is 15. The molecule has 3 fully saturated rings. The van der Waals surface area contributed by atoms with Crippen molar-refractivity contribution >= 4 is 58.9 Å². The zero-order chi connectivity index (χ0) is 57.3. The predicted molar refractivity (Wildman–Crippen MR) is 282 cm³/mol. The lowest BCUT2D eigenvalue weighted by Gasteiger charge is -2.32. The lowest BCUT2D eigenvalue weighted by molar-refractivity contribution is -0.148. The monoisotopic (exact) mass is 1080 g/mol. The summed E-state index contributed by atoms with van der Waals surface area (Å²) >= 11 is 0. The van der Waals surface area contributed by atoms with E-state index >= 15 is 0 Å². The van der Waals surface area contributed by atoms with Crippen LogP contribution in [0.4, 0.5) is 0 Å². The van der Waals surface area contributed by atoms with E-state index in [4.69, 9.17) is 16.2 Å². The third-order valence-electron chi connectivity index (χ3n) is 13.9. The molecular formula is C53H85N11O13. The second-order valence-electron chi connectivity index (χ2n) is 21.9. The second-order valence-corrected chi connectivity index (χ2v) is 21.9. The number of nitrogens with zero attached hydrogens (tertiary/aromatic N) is 1. The summed E-state index contributed by atoms with van der Waals surface area (Å²) in [4.78, 5) is 143. The molecular weight excluding hydrogens is 999 g/mol. The van der Waals surface area contributed by atoms with Crippen LogP contribution in [0, 0.1) is 23.7 Å². The Labute approximate surface area is 451 Å². The number of fused-ring (bicyclic) bond motifs is 3. The Hall–Kier alpha value is -6.08. The molecule has 2 unspecified atom stereocenters. The molecule has 2 bridgehead atoms. The molecule has 14 N–H and O–H groups in total. The van der Waals surface area contributed by atoms with E-state index in [0.29, 0.717) is 12.0 Å². The molecule has 0 spiro atoms. The van der Waals surface area contributed by atoms with Gasteiger partial charge in [-0.1, -0.05) is 85.7 Å². The van der Waals surface area contributed by atoms with Crippen LogP contribution in [0.15, 0.2) is 30.3 Å². The number of ketones is 1. The maximum absolute atomic E-state index is 14.8. The minimum atomic E-state index is -1.95. The molecule has 0 saturated carbocycles. The van der Waals surface area contributed by atoms with E-state index < -0.39 is 150 Å². The van der Waals surface area contributed by atoms with Gasteiger partial charge in [0.25, 0.3) is 11.7 Å². The number of rotatable bonds is 14. The van der Waals surface area contributed by atoms with Gasteiger partial charge in [-0.05, 0) is 93.7 Å². The third-order valence-corrected chi connectivity index (χ3v) is 13.9. The molecule has 24 heteroatoms. The van der Waals surface area contributed by atoms with Crippen molar-refractivity contribution in [2.24, 2.45) is 35.1 Å². The number of aliphatic hydroxyl groups excluding tert-OH is 2. The van der Waals surface area contributed by atoms with Gasteiger partial charge in [0.15, 0.2) is 6.10 Å². The summed E-state index contributed by atoms with van der Waals surface area (Å²) in [6.45, 7) is 13.7. The standard InChI is InChI=1S/C53H85N11O13/c1-27(2)23-34-45(68)56-26-38-41(65)42(66)44(77-38)43(67)52(75)63-40(30(7)8)51(74)58-33(18-13-21-55)47(70)60-35(24-28(3)4)48(71)61-36(25-31-15-10-9-11-16-31)53(76)64-22-14-19-37(64)49(72)62-39(29(5)6)50(73)57-32(17-12-20-54)46(69)59-34/h9-11,15-16,27-30,32-42,44,65-66H,12-14,17-26,54-55H2,1-8H3,(H,56,68)(H,57,73)(H,58,74)(H,59,69)(H,60,70)(H,61,71)(H,62,72)(H,63,75)/t32?,33-,34?,35-,36+,37-,38+,39-,40-,41+,42-,44+/m0/s1. The molecule has 1 aromatic rings. The van der Waals surface area contributed by atoms with Gasteiger partial charge in [-0.2, -0.15) is 0 Å². The van der Waals surface area contributed by atoms with Gasteiger partial charge in [-0.25, -0.2) is 0 Å². The average Bonchev–Trinajstić information content (AvgIpc) is 3.98. The SMILES string of the molecule is CC(C)CC1NC(=O)C(CCCN)NC(=O)[C@H](C(C)C)NC(=O)[C@@H]2CCCN2C(=O)[C@@H](Cc2ccccc2)NC(=O)[C@H](CC(C)C)NC(=O)[C@H](CCCN)NC(=O)[C@H](C(C)C)NC(=O)C(=O)[C@@H]2O[C@H](CNC1=O)[C@@H](O)[C@@H]2O. The first-order valence-corrected chi connectivity index (χ1v) is 27.1. The molecule has 0 aromatic heterocycles. The number of aliphatic hydroxyl groups is 2. The number of benzene rings is 1. The van der Waals surface area contributed by atoms with Gasteiger partial charge in [0.1, 0.15) is 66.6 Å². The highest BCUT2D eigenvalue weighted by molar-refractivity contribution is 6.38. The maximum Gasteiger partial charge on any atom is 0.290 e. The lowest BCUT2D eigenvalue weighted by Crippen LogP contribution is -2.61. The van der Waals surface area contributed by atoms with Crippen LogP contribution in [0.5, 0.6) is 0 Å². The molecule has 430 valence electrons. The summed E-state index contributed by atoms with van der Waals surface area (Å²) in [6, 6.07) is -1.11. The molecule has 9 amide bonds. The van der Waals surface area contributed by atoms with Crippen molar-refractivity contribution < 1.29 is 62.9 Å². The number of nitrogens with two attached hydrogens (primary N) is 2. The quantitative estimate of drug-likeness (QED) is 0.0871. The normalized spacial score (nSPS) is 29.5. The fourth-order valence-electron chi connectivity index (χ4n) is 9.60. The summed E-state index contributed by atoms with van der Waals surface area (Å²) in [6.07, 6.45) is -5.71. The second kappa shape index (κ2) is 30.2. The van der Waals surface area contributed by atoms with Crippen LogP contribution in [0.1, 0.15) is 112 Å². The molecule has 0 radical (unpaired) electrons. The maximum atomic E-state index is 14.8. The van der Waals surface area contributed by atoms with E-state index in [1.807, 2.05) is 13.8 Å². The van der Waals surface area contributed by atoms with Gasteiger partial charge in [-0.3, -0.25) is 47.9 Å². The van der Waals surface area contributed by atoms with E-state index in [0.717, 1.165) is 0 Å². The third kappa shape index (κ3) is 18.3. The first kappa shape index (κ1) is 63.5. The molecule has 77 heavy (non-hydrogen) atoms. The van der Waals surface area contributed by atoms with Gasteiger partial charge in [-0.15, -0.1) is 0 Å². The fraction of sp³-hybridized carbons (Fsp3) is 0.698. The smallest absolute Gasteiger partial charge is 0.290 e. The molecule has 3 heterocycles. The Bertz CT molecular complexity index is 2220. The van der Waals surface area contributed by atoms with E-state index in [1.165, 1.54) is 4.90 Å². The number of amides is 9. The van der Waals surface area contributed by atoms with Gasteiger partial charge < -0.3 is 73.9 Å². The molecule has 4 rings (SSSR count). The predicted octanol–water partition coefficient (Wildman–Crippen LogP) is -2.32. The van der Waals surface area contributed by atoms with Crippen LogP contribution in [0.2, 0.25) is 0 Å². The van der Waals surface area contributed by atoms with Crippen LogP contribution in [-0.4, -0.2) is 173 Å². The minimum Gasteiger partial charge on any atom is -0.388 e. The zero-order valence-corrected chi connectivity index (χ0v) is 45.8. The van der Waals surface area contributed by atoms with Crippen LogP contribution >= 0.6 is 0 Å². The molecule has 3 aliphatic heterocycles. The molecule has 3 saturated heterocycles. The molecule has 1 aromatic carbocycles. The van der Waals surface area contributed by atoms with Crippen LogP contribution < -0.4 is 54.0 Å². The van der Waals surface area contributed by atoms with Crippen molar-refractivity contribution in [3.8, 4) is 0 Å². The highest BCUT2D eigenvalue weighted by atomic mass is 16.5. The van der Waals surface area contributed by atoms with E-state index in [2.05, 4.69) is 42.5 Å². The van der Waals surface area contributed by atoms with E-state index in [-0.39, 0.29) is 82.8 Å². The van der Waals surface area contributed by atoms with Crippen LogP contribution in [0.25, 0.3) is 0 Å². The zero-order valence-electron chi connectivity index (χ0n) is 45.8. The summed E-state index contributed by atoms with van der Waals surface area (Å²) in [5, 5.41) is 43.3. The summed E-state index contributed by atoms with van der Waals surface area (Å²) in [5.41, 5.74) is 12.3. The van der Waals surface area contributed by atoms with Crippen molar-refractivity contribution in [2.45, 2.75) is 186 Å². The number of Topliss-reactive ketones (excluding diaryl/α,β-unsaturated/α-hetero) is 1. The highest BCUT2D eigenvalue weighted by Crippen LogP contribution is 2.24. The van der Waals surface area contributed by atoms with Crippen molar-refractivity contribution in [2.75, 3.05) is 26.2 Å². The topological polar surface area (TPSA) is 372 Å². The molecule has 0 aliphatic carbocycles. The van der Waals surface area contributed by atoms with Crippen molar-refractivity contribution in [3.63, 3.8) is 0 Å². The molecule has 24 nitrogen and oxygen atoms in total. The molecule has 3 aliphatic rings. The van der Waals surface area contributed by atoms with E-state index in [1.54, 1.807) is 71.9 Å². The Kier molecular flexibility index (Phi) is 24.9. The lowest BCUT2D eigenvalue weighted by atomic mass is 9.99. The largest absolute Gasteiger partial charge is 0.388 e. The Morgan fingerprint density at radius 3 is 1.57 bits per heavy atom. The first-order valence-electron chi connectivity index (χ1n) is 27.1. The van der Waals surface area contributed by atoms with Crippen LogP contribution in [0.3, 0.4) is 0 Å². The van der Waals surface area contributed by atoms with Gasteiger partial charge in [0.2, 0.25) is 47.3 Å². The van der Waals surface area contributed by atoms with Gasteiger partial charge >= 0.3 is 0 Å². The fourth-order valence-corrected chi connectivity index (χ4v) is 9.60. The summed E-state index contributed by atoms with van der Waals surface area (Å²) in [7, 11) is 0. The van der Waals surface area contributed by atoms with Crippen molar-refractivity contribution in [3.05, 3.63) is 35.9 Å². The number of ether oxygens (including phenoxy) is 1. The average molecular weight is 1080 g/mol. The molecule has 12 atom stereocenters. The summed E-state index contributed by atoms with van der Waals surface area (Å²) in [5.74, 6) is -10.1. The number of carbonyl (C=O) groups is 10. The van der Waals surface area contributed by atoms with Crippen molar-refractivity contribution in [1.82, 2.24) is 47.4 Å². The number of hydrogen-bond donors (Lipinski definition) is 12. The highest BCUT2D eigenvalue weighted by Gasteiger charge is 2.49. The van der Waals surface area contributed by atoms with Crippen LogP contribution in [-0.2, 0) is 59.1 Å². The van der Waals surface area contributed by atoms with Gasteiger partial charge in [0, 0.05) is 19.5 Å².